The van der Waals surface area contributed by atoms with Crippen molar-refractivity contribution in [2.75, 3.05) is 0 Å². The summed E-state index contributed by atoms with van der Waals surface area (Å²) in [6.45, 7) is 12.0. The van der Waals surface area contributed by atoms with Crippen LogP contribution in [0.1, 0.15) is 105 Å². The largest absolute Gasteiger partial charge is 0.303 e. The molecule has 0 N–H and O–H groups in total. The second kappa shape index (κ2) is 8.60. The molecule has 3 aliphatic rings. The van der Waals surface area contributed by atoms with E-state index < -0.39 is 0 Å². The van der Waals surface area contributed by atoms with Gasteiger partial charge in [-0.2, -0.15) is 0 Å². The zero-order valence-electron chi connectivity index (χ0n) is 19.1. The topological polar surface area (TPSA) is 34.1 Å². The van der Waals surface area contributed by atoms with Gasteiger partial charge in [0, 0.05) is 18.3 Å². The van der Waals surface area contributed by atoms with E-state index in [1.807, 2.05) is 0 Å². The van der Waals surface area contributed by atoms with Gasteiger partial charge in [-0.25, -0.2) is 0 Å². The lowest BCUT2D eigenvalue weighted by Gasteiger charge is -2.56. The number of carbonyl (C=O) groups excluding carboxylic acids is 2. The quantitative estimate of drug-likeness (QED) is 0.426. The highest BCUT2D eigenvalue weighted by molar-refractivity contribution is 5.86. The first kappa shape index (κ1) is 22.0. The molecule has 3 fully saturated rings. The number of hydrogen-bond acceptors (Lipinski definition) is 2. The van der Waals surface area contributed by atoms with E-state index in [9.17, 15) is 9.59 Å². The van der Waals surface area contributed by atoms with Crippen LogP contribution in [-0.2, 0) is 9.59 Å². The van der Waals surface area contributed by atoms with Crippen molar-refractivity contribution in [1.29, 1.82) is 0 Å². The molecule has 0 unspecified atom stereocenters. The SMILES string of the molecule is CC(C)CCC[C@@H](C)[C@H]1CC[C@H]2[C@@H]3CCC(=O)[C@](C)(CCC=O)[C@H]3CC[C@]12C. The van der Waals surface area contributed by atoms with Gasteiger partial charge in [0.1, 0.15) is 12.1 Å². The predicted octanol–water partition coefficient (Wildman–Crippen LogP) is 6.86. The smallest absolute Gasteiger partial charge is 0.139 e. The molecule has 3 saturated carbocycles. The van der Waals surface area contributed by atoms with Crippen molar-refractivity contribution in [1.82, 2.24) is 0 Å². The van der Waals surface area contributed by atoms with Gasteiger partial charge in [-0.3, -0.25) is 4.79 Å². The molecule has 0 aliphatic heterocycles. The summed E-state index contributed by atoms with van der Waals surface area (Å²) in [5, 5.41) is 0. The van der Waals surface area contributed by atoms with Crippen molar-refractivity contribution in [3.63, 3.8) is 0 Å². The van der Waals surface area contributed by atoms with Crippen molar-refractivity contribution in [3.05, 3.63) is 0 Å². The highest BCUT2D eigenvalue weighted by Gasteiger charge is 2.59. The van der Waals surface area contributed by atoms with E-state index >= 15 is 0 Å². The van der Waals surface area contributed by atoms with E-state index in [2.05, 4.69) is 34.6 Å². The second-order valence-electron chi connectivity index (χ2n) is 11.5. The Bertz CT molecular complexity index is 567. The van der Waals surface area contributed by atoms with E-state index in [0.29, 0.717) is 29.5 Å². The summed E-state index contributed by atoms with van der Waals surface area (Å²) in [6, 6.07) is 0. The molecule has 0 bridgehead atoms. The molecule has 3 rings (SSSR count). The van der Waals surface area contributed by atoms with Gasteiger partial charge in [0.2, 0.25) is 0 Å². The Labute approximate surface area is 173 Å². The minimum atomic E-state index is -0.244. The van der Waals surface area contributed by atoms with Crippen LogP contribution >= 0.6 is 0 Å². The molecule has 0 aromatic heterocycles. The number of aldehydes is 1. The lowest BCUT2D eigenvalue weighted by atomic mass is 9.48. The highest BCUT2D eigenvalue weighted by atomic mass is 16.1. The highest BCUT2D eigenvalue weighted by Crippen LogP contribution is 2.65. The third kappa shape index (κ3) is 3.86. The van der Waals surface area contributed by atoms with Crippen LogP contribution in [-0.4, -0.2) is 12.1 Å². The van der Waals surface area contributed by atoms with Gasteiger partial charge in [-0.05, 0) is 79.4 Å². The lowest BCUT2D eigenvalue weighted by Crippen LogP contribution is -2.52. The molecule has 28 heavy (non-hydrogen) atoms. The zero-order valence-corrected chi connectivity index (χ0v) is 19.1. The average molecular weight is 389 g/mol. The Morgan fingerprint density at radius 3 is 2.46 bits per heavy atom. The summed E-state index contributed by atoms with van der Waals surface area (Å²) in [6.07, 6.45) is 13.6. The summed E-state index contributed by atoms with van der Waals surface area (Å²) in [4.78, 5) is 23.9. The van der Waals surface area contributed by atoms with E-state index in [0.717, 1.165) is 49.2 Å². The molecule has 0 amide bonds. The molecule has 7 atom stereocenters. The molecule has 0 spiro atoms. The molecule has 0 aromatic carbocycles. The molecule has 0 radical (unpaired) electrons. The predicted molar refractivity (Wildman–Crippen MR) is 116 cm³/mol. The van der Waals surface area contributed by atoms with Crippen LogP contribution in [0.4, 0.5) is 0 Å². The number of fused-ring (bicyclic) bond motifs is 3. The van der Waals surface area contributed by atoms with Crippen LogP contribution in [0.25, 0.3) is 0 Å². The van der Waals surface area contributed by atoms with Crippen molar-refractivity contribution >= 4 is 12.1 Å². The summed E-state index contributed by atoms with van der Waals surface area (Å²) < 4.78 is 0. The maximum Gasteiger partial charge on any atom is 0.139 e. The van der Waals surface area contributed by atoms with Gasteiger partial charge < -0.3 is 4.79 Å². The minimum Gasteiger partial charge on any atom is -0.303 e. The zero-order chi connectivity index (χ0) is 20.5. The third-order valence-corrected chi connectivity index (χ3v) is 9.58. The first-order chi connectivity index (χ1) is 13.2. The standard InChI is InChI=1S/C26H44O2/c1-18(2)8-6-9-19(3)21-11-12-22-20-10-13-24(28)26(5,15-7-17-27)23(20)14-16-25(21,22)4/h17-23H,6-16H2,1-5H3/t19-,20+,21-,22+,23+,25-,26-/m1/s1. The van der Waals surface area contributed by atoms with Gasteiger partial charge in [0.15, 0.2) is 0 Å². The Balaban J connectivity index is 1.73. The van der Waals surface area contributed by atoms with E-state index in [1.54, 1.807) is 0 Å². The molecule has 160 valence electrons. The summed E-state index contributed by atoms with van der Waals surface area (Å²) in [7, 11) is 0. The fraction of sp³-hybridized carbons (Fsp3) is 0.923. The number of ketones is 1. The lowest BCUT2D eigenvalue weighted by molar-refractivity contribution is -0.146. The van der Waals surface area contributed by atoms with Gasteiger partial charge in [0.25, 0.3) is 0 Å². The fourth-order valence-corrected chi connectivity index (χ4v) is 7.98. The van der Waals surface area contributed by atoms with E-state index in [4.69, 9.17) is 0 Å². The first-order valence-corrected chi connectivity index (χ1v) is 12.2. The number of hydrogen-bond donors (Lipinski definition) is 0. The molecular weight excluding hydrogens is 344 g/mol. The molecule has 2 nitrogen and oxygen atoms in total. The number of carbonyl (C=O) groups is 2. The summed E-state index contributed by atoms with van der Waals surface area (Å²) >= 11 is 0. The van der Waals surface area contributed by atoms with Crippen LogP contribution < -0.4 is 0 Å². The normalized spacial score (nSPS) is 41.6. The Morgan fingerprint density at radius 2 is 1.79 bits per heavy atom. The summed E-state index contributed by atoms with van der Waals surface area (Å²) in [5.41, 5.74) is 0.233. The van der Waals surface area contributed by atoms with Crippen LogP contribution in [0.15, 0.2) is 0 Å². The molecule has 0 saturated heterocycles. The molecule has 0 heterocycles. The van der Waals surface area contributed by atoms with Gasteiger partial charge in [0.05, 0.1) is 0 Å². The van der Waals surface area contributed by atoms with Crippen LogP contribution in [0.5, 0.6) is 0 Å². The van der Waals surface area contributed by atoms with Crippen LogP contribution in [0, 0.1) is 46.3 Å². The van der Waals surface area contributed by atoms with Gasteiger partial charge in [-0.1, -0.05) is 53.9 Å². The Kier molecular flexibility index (Phi) is 6.77. The molecular formula is C26H44O2. The van der Waals surface area contributed by atoms with Crippen molar-refractivity contribution in [2.24, 2.45) is 46.3 Å². The Hall–Kier alpha value is -0.660. The minimum absolute atomic E-state index is 0.244. The fourth-order valence-electron chi connectivity index (χ4n) is 7.98. The van der Waals surface area contributed by atoms with Crippen LogP contribution in [0.3, 0.4) is 0 Å². The molecule has 0 aromatic rings. The van der Waals surface area contributed by atoms with Crippen molar-refractivity contribution in [2.45, 2.75) is 105 Å². The average Bonchev–Trinajstić information content (AvgIpc) is 3.00. The van der Waals surface area contributed by atoms with E-state index in [1.165, 1.54) is 44.9 Å². The molecule has 3 aliphatic carbocycles. The maximum atomic E-state index is 12.9. The van der Waals surface area contributed by atoms with Gasteiger partial charge in [-0.15, -0.1) is 0 Å². The maximum absolute atomic E-state index is 12.9. The van der Waals surface area contributed by atoms with Crippen LogP contribution in [0.2, 0.25) is 0 Å². The third-order valence-electron chi connectivity index (χ3n) is 9.58. The molecule has 2 heteroatoms. The number of rotatable bonds is 8. The number of Topliss-reactive ketones (excluding diaryl/α,β-unsaturated/α-hetero) is 1. The second-order valence-corrected chi connectivity index (χ2v) is 11.5. The summed E-state index contributed by atoms with van der Waals surface area (Å²) in [5.74, 6) is 4.98. The first-order valence-electron chi connectivity index (χ1n) is 12.2. The monoisotopic (exact) mass is 388 g/mol. The van der Waals surface area contributed by atoms with E-state index in [-0.39, 0.29) is 5.41 Å². The Morgan fingerprint density at radius 1 is 1.04 bits per heavy atom. The van der Waals surface area contributed by atoms with Crippen molar-refractivity contribution < 1.29 is 9.59 Å². The van der Waals surface area contributed by atoms with Crippen molar-refractivity contribution in [3.8, 4) is 0 Å². The van der Waals surface area contributed by atoms with Gasteiger partial charge >= 0.3 is 0 Å².